The number of nitrogens with one attached hydrogen (secondary N) is 1. The monoisotopic (exact) mass is 609 g/mol. The summed E-state index contributed by atoms with van der Waals surface area (Å²) in [5.41, 5.74) is 0.462. The topological polar surface area (TPSA) is 140 Å². The Labute approximate surface area is 263 Å². The van der Waals surface area contributed by atoms with Crippen LogP contribution in [0.1, 0.15) is 29.8 Å². The summed E-state index contributed by atoms with van der Waals surface area (Å²) in [5.74, 6) is -1.15. The van der Waals surface area contributed by atoms with Gasteiger partial charge in [-0.25, -0.2) is 0 Å². The number of ether oxygens (including phenoxy) is 1. The van der Waals surface area contributed by atoms with E-state index in [1.165, 1.54) is 6.07 Å². The molecule has 0 fully saturated rings. The van der Waals surface area contributed by atoms with Crippen molar-refractivity contribution in [2.24, 2.45) is 10.2 Å². The van der Waals surface area contributed by atoms with Gasteiger partial charge in [0.1, 0.15) is 0 Å². The summed E-state index contributed by atoms with van der Waals surface area (Å²) in [6.07, 6.45) is 0.369. The predicted molar refractivity (Wildman–Crippen MR) is 149 cm³/mol. The van der Waals surface area contributed by atoms with Crippen LogP contribution < -0.4 is 44.7 Å². The predicted octanol–water partition coefficient (Wildman–Crippen LogP) is 4.10. The molecule has 2 N–H and O–H groups in total. The average molecular weight is 610 g/mol. The maximum atomic E-state index is 13.5. The number of benzene rings is 4. The summed E-state index contributed by atoms with van der Waals surface area (Å²) < 4.78 is 38.5. The standard InChI is InChI=1S/C27H23Cl2N3O6S.Na/c1-3-17-21(29)13-16(39(35,36)37)14-23(17)31-32-24-18-9-6-5-8-15(18)12-19(25(24)33)27(34)30-22-11-7-10-20(28)26(22)38-4-2;/h5-14,33H,3-4H2,1-2H3,(H,30,34)(H,35,36,37);/q;+1/p-1. The third-order valence-electron chi connectivity index (χ3n) is 5.78. The number of hydrogen-bond donors (Lipinski definition) is 2. The SMILES string of the molecule is CCOc1c(Cl)cccc1NC(=O)c1cc2ccccc2c(N=Nc2cc(S(=O)(=O)O)cc(Cl)c2CC)c1[O-].[Na+]. The van der Waals surface area contributed by atoms with Gasteiger partial charge in [0.05, 0.1) is 33.6 Å². The van der Waals surface area contributed by atoms with Crippen LogP contribution in [0, 0.1) is 0 Å². The van der Waals surface area contributed by atoms with E-state index in [1.54, 1.807) is 56.3 Å². The number of carbonyl (C=O) groups excluding carboxylic acids is 1. The van der Waals surface area contributed by atoms with Crippen molar-refractivity contribution in [2.45, 2.75) is 25.2 Å². The second kappa shape index (κ2) is 13.3. The number of halogens is 2. The molecule has 13 heteroatoms. The Morgan fingerprint density at radius 2 is 1.75 bits per heavy atom. The molecule has 4 aromatic rings. The fraction of sp³-hybridized carbons (Fsp3) is 0.148. The van der Waals surface area contributed by atoms with Crippen molar-refractivity contribution >= 4 is 67.1 Å². The Bertz CT molecular complexity index is 1730. The van der Waals surface area contributed by atoms with E-state index in [2.05, 4.69) is 15.5 Å². The quantitative estimate of drug-likeness (QED) is 0.175. The molecule has 0 saturated carbocycles. The van der Waals surface area contributed by atoms with Gasteiger partial charge in [0.2, 0.25) is 0 Å². The molecule has 0 aliphatic carbocycles. The van der Waals surface area contributed by atoms with E-state index in [1.807, 2.05) is 0 Å². The van der Waals surface area contributed by atoms with Crippen LogP contribution in [-0.2, 0) is 16.5 Å². The third kappa shape index (κ3) is 6.77. The van der Waals surface area contributed by atoms with Gasteiger partial charge in [0.25, 0.3) is 16.0 Å². The number of para-hydroxylation sites is 1. The van der Waals surface area contributed by atoms with Gasteiger partial charge in [-0.15, -0.1) is 0 Å². The first kappa shape index (κ1) is 31.8. The Morgan fingerprint density at radius 3 is 2.42 bits per heavy atom. The summed E-state index contributed by atoms with van der Waals surface area (Å²) in [7, 11) is -4.58. The molecule has 9 nitrogen and oxygen atoms in total. The summed E-state index contributed by atoms with van der Waals surface area (Å²) in [6.45, 7) is 3.86. The maximum Gasteiger partial charge on any atom is 1.00 e. The van der Waals surface area contributed by atoms with E-state index in [0.717, 1.165) is 12.1 Å². The fourth-order valence-corrected chi connectivity index (χ4v) is 5.12. The van der Waals surface area contributed by atoms with E-state index in [-0.39, 0.29) is 63.0 Å². The van der Waals surface area contributed by atoms with Crippen LogP contribution in [-0.4, -0.2) is 25.5 Å². The van der Waals surface area contributed by atoms with Gasteiger partial charge in [0.15, 0.2) is 5.75 Å². The Hall–Kier alpha value is -2.70. The van der Waals surface area contributed by atoms with Crippen molar-refractivity contribution in [1.29, 1.82) is 0 Å². The Balaban J connectivity index is 0.00000441. The molecule has 0 aliphatic heterocycles. The third-order valence-corrected chi connectivity index (χ3v) is 7.24. The minimum absolute atomic E-state index is 0. The van der Waals surface area contributed by atoms with Gasteiger partial charge in [-0.05, 0) is 54.6 Å². The van der Waals surface area contributed by atoms with Crippen molar-refractivity contribution in [3.8, 4) is 11.5 Å². The Kier molecular flexibility index (Phi) is 10.6. The van der Waals surface area contributed by atoms with Crippen molar-refractivity contribution in [2.75, 3.05) is 11.9 Å². The second-order valence-corrected chi connectivity index (χ2v) is 10.5. The largest absolute Gasteiger partial charge is 1.00 e. The minimum atomic E-state index is -4.58. The molecular formula is C27H22Cl2N3NaO6S. The van der Waals surface area contributed by atoms with E-state index in [0.29, 0.717) is 34.4 Å². The fourth-order valence-electron chi connectivity index (χ4n) is 3.96. The molecule has 0 aliphatic rings. The normalized spacial score (nSPS) is 11.4. The number of anilines is 1. The van der Waals surface area contributed by atoms with Crippen LogP contribution in [0.5, 0.6) is 11.5 Å². The molecule has 202 valence electrons. The first-order valence-electron chi connectivity index (χ1n) is 11.7. The zero-order valence-electron chi connectivity index (χ0n) is 21.7. The van der Waals surface area contributed by atoms with E-state index in [9.17, 15) is 22.9 Å². The molecule has 0 radical (unpaired) electrons. The second-order valence-electron chi connectivity index (χ2n) is 8.26. The molecule has 40 heavy (non-hydrogen) atoms. The van der Waals surface area contributed by atoms with Gasteiger partial charge in [0, 0.05) is 16.0 Å². The number of nitrogens with zero attached hydrogens (tertiary/aromatic N) is 2. The van der Waals surface area contributed by atoms with Crippen LogP contribution in [0.3, 0.4) is 0 Å². The molecule has 0 heterocycles. The molecule has 0 unspecified atom stereocenters. The Morgan fingerprint density at radius 1 is 1.02 bits per heavy atom. The minimum Gasteiger partial charge on any atom is -0.870 e. The van der Waals surface area contributed by atoms with Crippen molar-refractivity contribution in [1.82, 2.24) is 0 Å². The molecular weight excluding hydrogens is 588 g/mol. The molecule has 0 spiro atoms. The number of azo groups is 1. The zero-order chi connectivity index (χ0) is 28.3. The number of amides is 1. The van der Waals surface area contributed by atoms with Crippen molar-refractivity contribution < 1.29 is 57.2 Å². The molecule has 0 atom stereocenters. The van der Waals surface area contributed by atoms with Gasteiger partial charge in [-0.1, -0.05) is 66.2 Å². The maximum absolute atomic E-state index is 13.5. The molecule has 4 aromatic carbocycles. The van der Waals surface area contributed by atoms with Crippen LogP contribution in [0.15, 0.2) is 75.8 Å². The molecule has 1 amide bonds. The van der Waals surface area contributed by atoms with Crippen molar-refractivity contribution in [3.63, 3.8) is 0 Å². The van der Waals surface area contributed by atoms with Gasteiger partial charge in [-0.2, -0.15) is 18.6 Å². The summed E-state index contributed by atoms with van der Waals surface area (Å²) in [5, 5.41) is 25.8. The van der Waals surface area contributed by atoms with Crippen LogP contribution in [0.25, 0.3) is 10.8 Å². The zero-order valence-corrected chi connectivity index (χ0v) is 26.1. The van der Waals surface area contributed by atoms with Crippen LogP contribution in [0.4, 0.5) is 17.1 Å². The van der Waals surface area contributed by atoms with Crippen LogP contribution in [0.2, 0.25) is 10.0 Å². The molecule has 0 saturated heterocycles. The summed E-state index contributed by atoms with van der Waals surface area (Å²) in [6, 6.07) is 15.3. The number of fused-ring (bicyclic) bond motifs is 1. The first-order valence-corrected chi connectivity index (χ1v) is 13.9. The van der Waals surface area contributed by atoms with Crippen molar-refractivity contribution in [3.05, 3.63) is 81.8 Å². The molecule has 0 aromatic heterocycles. The van der Waals surface area contributed by atoms with Gasteiger partial charge >= 0.3 is 29.6 Å². The molecule has 4 rings (SSSR count). The summed E-state index contributed by atoms with van der Waals surface area (Å²) in [4.78, 5) is 12.8. The average Bonchev–Trinajstić information content (AvgIpc) is 2.89. The smallest absolute Gasteiger partial charge is 0.870 e. The first-order chi connectivity index (χ1) is 18.5. The van der Waals surface area contributed by atoms with E-state index < -0.39 is 26.7 Å². The molecule has 0 bridgehead atoms. The van der Waals surface area contributed by atoms with Gasteiger partial charge < -0.3 is 15.2 Å². The number of hydrogen-bond acceptors (Lipinski definition) is 7. The van der Waals surface area contributed by atoms with Crippen LogP contribution >= 0.6 is 23.2 Å². The number of rotatable bonds is 8. The van der Waals surface area contributed by atoms with E-state index >= 15 is 0 Å². The van der Waals surface area contributed by atoms with Gasteiger partial charge in [-0.3, -0.25) is 9.35 Å². The summed E-state index contributed by atoms with van der Waals surface area (Å²) >= 11 is 12.4. The number of carbonyl (C=O) groups is 1. The van der Waals surface area contributed by atoms with E-state index in [4.69, 9.17) is 27.9 Å².